The van der Waals surface area contributed by atoms with Crippen molar-refractivity contribution in [3.8, 4) is 0 Å². The van der Waals surface area contributed by atoms with E-state index in [9.17, 15) is 27.9 Å². The van der Waals surface area contributed by atoms with Gasteiger partial charge < -0.3 is 9.84 Å². The minimum Gasteiger partial charge on any atom is -0.505 e. The lowest BCUT2D eigenvalue weighted by Crippen LogP contribution is -2.42. The molecule has 0 radical (unpaired) electrons. The van der Waals surface area contributed by atoms with Gasteiger partial charge in [0.15, 0.2) is 11.5 Å². The van der Waals surface area contributed by atoms with E-state index in [-0.39, 0.29) is 27.1 Å². The maximum absolute atomic E-state index is 13.5. The Morgan fingerprint density at radius 1 is 0.853 bits per heavy atom. The second kappa shape index (κ2) is 8.95. The Bertz CT molecular complexity index is 1430. The number of fused-ring (bicyclic) bond motifs is 1. The molecule has 8 nitrogen and oxygen atoms in total. The molecule has 1 heterocycles. The van der Waals surface area contributed by atoms with Gasteiger partial charge in [0.1, 0.15) is 5.70 Å². The number of esters is 1. The summed E-state index contributed by atoms with van der Waals surface area (Å²) >= 11 is 0. The van der Waals surface area contributed by atoms with Crippen LogP contribution in [-0.2, 0) is 14.8 Å². The summed E-state index contributed by atoms with van der Waals surface area (Å²) in [6.07, 6.45) is 0. The lowest BCUT2D eigenvalue weighted by molar-refractivity contribution is 0.0600. The Morgan fingerprint density at radius 3 is 2.09 bits per heavy atom. The molecule has 0 bridgehead atoms. The number of aliphatic hydroxyl groups excluding tert-OH is 1. The van der Waals surface area contributed by atoms with Crippen molar-refractivity contribution in [2.75, 3.05) is 13.7 Å². The van der Waals surface area contributed by atoms with Gasteiger partial charge in [0.25, 0.3) is 10.0 Å². The number of allylic oxidation sites excluding steroid dienone is 1. The number of carbonyl (C=O) groups excluding carboxylic acids is 3. The van der Waals surface area contributed by atoms with Crippen LogP contribution < -0.4 is 0 Å². The van der Waals surface area contributed by atoms with Crippen LogP contribution >= 0.6 is 0 Å². The first-order chi connectivity index (χ1) is 16.3. The number of aliphatic hydroxyl groups is 1. The zero-order valence-electron chi connectivity index (χ0n) is 18.0. The Labute approximate surface area is 195 Å². The number of ether oxygens (including phenoxy) is 1. The van der Waals surface area contributed by atoms with Crippen LogP contribution in [-0.4, -0.2) is 49.0 Å². The molecule has 172 valence electrons. The Kier molecular flexibility index (Phi) is 6.04. The third-order valence-electron chi connectivity index (χ3n) is 5.35. The second-order valence-corrected chi connectivity index (χ2v) is 9.22. The number of carbonyl (C=O) groups is 3. The van der Waals surface area contributed by atoms with E-state index in [0.29, 0.717) is 4.31 Å². The maximum Gasteiger partial charge on any atom is 0.337 e. The van der Waals surface area contributed by atoms with Gasteiger partial charge in [-0.1, -0.05) is 54.6 Å². The lowest BCUT2D eigenvalue weighted by atomic mass is 10.0. The maximum atomic E-state index is 13.5. The molecule has 1 aliphatic heterocycles. The van der Waals surface area contributed by atoms with Gasteiger partial charge in [-0.2, -0.15) is 0 Å². The van der Waals surface area contributed by atoms with Gasteiger partial charge in [-0.05, 0) is 24.3 Å². The van der Waals surface area contributed by atoms with Gasteiger partial charge in [0.2, 0.25) is 5.78 Å². The van der Waals surface area contributed by atoms with Crippen molar-refractivity contribution in [3.63, 3.8) is 0 Å². The molecule has 0 aromatic heterocycles. The predicted molar refractivity (Wildman–Crippen MR) is 123 cm³/mol. The van der Waals surface area contributed by atoms with E-state index in [2.05, 4.69) is 4.74 Å². The van der Waals surface area contributed by atoms with Crippen LogP contribution in [0.5, 0.6) is 0 Å². The van der Waals surface area contributed by atoms with Gasteiger partial charge in [0.05, 0.1) is 24.1 Å². The zero-order valence-corrected chi connectivity index (χ0v) is 18.8. The number of hydrogen-bond donors (Lipinski definition) is 1. The summed E-state index contributed by atoms with van der Waals surface area (Å²) in [6.45, 7) is -0.730. The minimum absolute atomic E-state index is 0.0916. The summed E-state index contributed by atoms with van der Waals surface area (Å²) in [7, 11) is -3.12. The van der Waals surface area contributed by atoms with Crippen molar-refractivity contribution in [1.82, 2.24) is 4.31 Å². The molecular formula is C25H19NO7S. The van der Waals surface area contributed by atoms with Crippen molar-refractivity contribution in [2.24, 2.45) is 0 Å². The number of hydrogen-bond acceptors (Lipinski definition) is 7. The number of methoxy groups -OCH3 is 1. The molecule has 3 aromatic rings. The van der Waals surface area contributed by atoms with Crippen LogP contribution in [0.2, 0.25) is 0 Å². The lowest BCUT2D eigenvalue weighted by Gasteiger charge is -2.31. The standard InChI is InChI=1S/C25H19NO7S/c1-33-25(30)18-13-11-16(12-14-18)20(27)15-26-22(23(28)17-7-3-2-4-8-17)24(29)19-9-5-6-10-21(19)34(26,31)32/h2-14,28H,15H2,1H3. The monoisotopic (exact) mass is 477 g/mol. The van der Waals surface area contributed by atoms with Crippen LogP contribution in [0, 0.1) is 0 Å². The second-order valence-electron chi connectivity index (χ2n) is 7.39. The molecule has 0 amide bonds. The molecule has 1 aliphatic rings. The van der Waals surface area contributed by atoms with E-state index in [0.717, 1.165) is 0 Å². The number of sulfonamides is 1. The van der Waals surface area contributed by atoms with Gasteiger partial charge in [-0.25, -0.2) is 13.2 Å². The van der Waals surface area contributed by atoms with E-state index < -0.39 is 45.6 Å². The van der Waals surface area contributed by atoms with Crippen molar-refractivity contribution < 1.29 is 32.6 Å². The molecular weight excluding hydrogens is 458 g/mol. The van der Waals surface area contributed by atoms with Crippen LogP contribution in [0.15, 0.2) is 89.5 Å². The Morgan fingerprint density at radius 2 is 1.44 bits per heavy atom. The van der Waals surface area contributed by atoms with Crippen molar-refractivity contribution in [2.45, 2.75) is 4.90 Å². The van der Waals surface area contributed by atoms with E-state index in [1.165, 1.54) is 67.8 Å². The highest BCUT2D eigenvalue weighted by Crippen LogP contribution is 2.35. The topological polar surface area (TPSA) is 118 Å². The molecule has 34 heavy (non-hydrogen) atoms. The van der Waals surface area contributed by atoms with Crippen LogP contribution in [0.4, 0.5) is 0 Å². The molecule has 1 N–H and O–H groups in total. The largest absolute Gasteiger partial charge is 0.505 e. The molecule has 9 heteroatoms. The quantitative estimate of drug-likeness (QED) is 0.259. The van der Waals surface area contributed by atoms with Gasteiger partial charge in [0, 0.05) is 16.7 Å². The Hall–Kier alpha value is -4.24. The third kappa shape index (κ3) is 3.97. The summed E-state index contributed by atoms with van der Waals surface area (Å²) in [5.41, 5.74) is -0.0420. The first-order valence-corrected chi connectivity index (χ1v) is 11.6. The van der Waals surface area contributed by atoms with Crippen molar-refractivity contribution in [3.05, 3.63) is 107 Å². The summed E-state index contributed by atoms with van der Waals surface area (Å²) in [6, 6.07) is 19.1. The summed E-state index contributed by atoms with van der Waals surface area (Å²) in [5.74, 6) is -2.50. The van der Waals surface area contributed by atoms with E-state index in [4.69, 9.17) is 0 Å². The van der Waals surface area contributed by atoms with E-state index in [1.807, 2.05) is 0 Å². The van der Waals surface area contributed by atoms with E-state index >= 15 is 0 Å². The highest BCUT2D eigenvalue weighted by atomic mass is 32.2. The van der Waals surface area contributed by atoms with Gasteiger partial charge in [-0.3, -0.25) is 13.9 Å². The molecule has 0 saturated heterocycles. The van der Waals surface area contributed by atoms with Crippen molar-refractivity contribution in [1.29, 1.82) is 0 Å². The van der Waals surface area contributed by atoms with E-state index in [1.54, 1.807) is 18.2 Å². The predicted octanol–water partition coefficient (Wildman–Crippen LogP) is 3.47. The number of nitrogens with zero attached hydrogens (tertiary/aromatic N) is 1. The molecule has 0 fully saturated rings. The molecule has 0 aliphatic carbocycles. The van der Waals surface area contributed by atoms with Crippen molar-refractivity contribution >= 4 is 33.3 Å². The fraction of sp³-hybridized carbons (Fsp3) is 0.0800. The smallest absolute Gasteiger partial charge is 0.337 e. The Balaban J connectivity index is 1.82. The summed E-state index contributed by atoms with van der Waals surface area (Å²) < 4.78 is 32.2. The highest BCUT2D eigenvalue weighted by Gasteiger charge is 2.42. The highest BCUT2D eigenvalue weighted by molar-refractivity contribution is 7.89. The average molecular weight is 477 g/mol. The SMILES string of the molecule is COC(=O)c1ccc(C(=O)CN2C(=C(O)c3ccccc3)C(=O)c3ccccc3S2(=O)=O)cc1. The number of Topliss-reactive ketones (excluding diaryl/α,β-unsaturated/α-hetero) is 2. The fourth-order valence-electron chi connectivity index (χ4n) is 3.61. The fourth-order valence-corrected chi connectivity index (χ4v) is 5.24. The zero-order chi connectivity index (χ0) is 24.5. The van der Waals surface area contributed by atoms with Crippen LogP contribution in [0.3, 0.4) is 0 Å². The molecule has 0 saturated carbocycles. The summed E-state index contributed by atoms with van der Waals surface area (Å²) in [5, 5.41) is 10.9. The number of benzene rings is 3. The third-order valence-corrected chi connectivity index (χ3v) is 7.15. The first kappa shape index (κ1) is 22.9. The summed E-state index contributed by atoms with van der Waals surface area (Å²) in [4.78, 5) is 37.7. The average Bonchev–Trinajstić information content (AvgIpc) is 2.87. The molecule has 3 aromatic carbocycles. The molecule has 0 spiro atoms. The van der Waals surface area contributed by atoms with Crippen LogP contribution in [0.25, 0.3) is 5.76 Å². The van der Waals surface area contributed by atoms with Gasteiger partial charge in [-0.15, -0.1) is 0 Å². The normalized spacial score (nSPS) is 15.9. The minimum atomic E-state index is -4.35. The number of rotatable bonds is 5. The molecule has 0 atom stereocenters. The molecule has 0 unspecified atom stereocenters. The molecule has 4 rings (SSSR count). The van der Waals surface area contributed by atoms with Gasteiger partial charge >= 0.3 is 5.97 Å². The first-order valence-electron chi connectivity index (χ1n) is 10.1. The number of ketones is 2. The van der Waals surface area contributed by atoms with Crippen LogP contribution in [0.1, 0.15) is 36.6 Å².